The topological polar surface area (TPSA) is 77.5 Å². The number of carbonyl (C=O) groups is 1. The van der Waals surface area contributed by atoms with Gasteiger partial charge in [0, 0.05) is 56.5 Å². The fourth-order valence-electron chi connectivity index (χ4n) is 4.22. The van der Waals surface area contributed by atoms with Gasteiger partial charge in [-0.15, -0.1) is 0 Å². The molecule has 1 amide bonds. The average molecular weight is 386 g/mol. The van der Waals surface area contributed by atoms with Crippen LogP contribution in [0.5, 0.6) is 0 Å². The van der Waals surface area contributed by atoms with E-state index in [4.69, 9.17) is 0 Å². The molecule has 0 atom stereocenters. The number of carbonyl (C=O) groups excluding carboxylic acids is 1. The Bertz CT molecular complexity index is 1110. The van der Waals surface area contributed by atoms with E-state index >= 15 is 0 Å². The van der Waals surface area contributed by atoms with Gasteiger partial charge in [0.2, 0.25) is 0 Å². The molecule has 0 bridgehead atoms. The third-order valence-electron chi connectivity index (χ3n) is 6.01. The molecule has 1 aliphatic carbocycles. The van der Waals surface area contributed by atoms with Crippen molar-refractivity contribution in [3.05, 3.63) is 60.2 Å². The first-order valence-corrected chi connectivity index (χ1v) is 10.0. The minimum absolute atomic E-state index is 0.0240. The lowest BCUT2D eigenvalue weighted by Crippen LogP contribution is -2.36. The zero-order valence-electron chi connectivity index (χ0n) is 16.2. The molecular weight excluding hydrogens is 364 g/mol. The van der Waals surface area contributed by atoms with Crippen LogP contribution in [-0.2, 0) is 5.41 Å². The van der Waals surface area contributed by atoms with E-state index < -0.39 is 5.41 Å². The predicted octanol–water partition coefficient (Wildman–Crippen LogP) is 2.64. The molecule has 5 rings (SSSR count). The molecular formula is C22H22N6O. The minimum Gasteiger partial charge on any atom is -0.352 e. The maximum Gasteiger partial charge on any atom is 0.254 e. The van der Waals surface area contributed by atoms with Gasteiger partial charge in [-0.3, -0.25) is 4.79 Å². The van der Waals surface area contributed by atoms with Crippen LogP contribution in [0.1, 0.15) is 35.2 Å². The minimum atomic E-state index is -0.468. The number of aromatic nitrogens is 3. The van der Waals surface area contributed by atoms with E-state index in [9.17, 15) is 10.1 Å². The summed E-state index contributed by atoms with van der Waals surface area (Å²) < 4.78 is 1.96. The number of amides is 1. The van der Waals surface area contributed by atoms with Gasteiger partial charge in [0.05, 0.1) is 11.5 Å². The van der Waals surface area contributed by atoms with E-state index in [0.717, 1.165) is 42.8 Å². The van der Waals surface area contributed by atoms with Crippen molar-refractivity contribution in [2.45, 2.75) is 24.7 Å². The molecule has 1 aliphatic heterocycles. The first-order chi connectivity index (χ1) is 14.2. The zero-order valence-corrected chi connectivity index (χ0v) is 16.2. The molecule has 146 valence electrons. The number of nitriles is 1. The van der Waals surface area contributed by atoms with Gasteiger partial charge >= 0.3 is 0 Å². The highest BCUT2D eigenvalue weighted by molar-refractivity contribution is 5.96. The first-order valence-electron chi connectivity index (χ1n) is 10.0. The Morgan fingerprint density at radius 1 is 1.03 bits per heavy atom. The van der Waals surface area contributed by atoms with Crippen LogP contribution < -0.4 is 4.90 Å². The van der Waals surface area contributed by atoms with Crippen LogP contribution in [-0.4, -0.2) is 51.4 Å². The molecule has 0 spiro atoms. The SMILES string of the molecule is N#CC1(c2ccccc2C(=O)N2CCCN(c3nccn4ccnc34)CC2)CC1. The summed E-state index contributed by atoms with van der Waals surface area (Å²) in [6, 6.07) is 10.0. The van der Waals surface area contributed by atoms with E-state index in [1.165, 1.54) is 0 Å². The lowest BCUT2D eigenvalue weighted by Gasteiger charge is -2.24. The van der Waals surface area contributed by atoms with E-state index in [2.05, 4.69) is 20.9 Å². The summed E-state index contributed by atoms with van der Waals surface area (Å²) in [4.78, 5) is 26.4. The van der Waals surface area contributed by atoms with Gasteiger partial charge in [0.1, 0.15) is 0 Å². The highest BCUT2D eigenvalue weighted by atomic mass is 16.2. The molecule has 1 aromatic carbocycles. The summed E-state index contributed by atoms with van der Waals surface area (Å²) >= 11 is 0. The third-order valence-corrected chi connectivity index (χ3v) is 6.01. The average Bonchev–Trinajstić information content (AvgIpc) is 3.48. The Balaban J connectivity index is 1.38. The van der Waals surface area contributed by atoms with Crippen LogP contribution in [0.15, 0.2) is 49.1 Å². The van der Waals surface area contributed by atoms with E-state index in [1.54, 1.807) is 12.4 Å². The number of hydrogen-bond donors (Lipinski definition) is 0. The molecule has 3 heterocycles. The maximum atomic E-state index is 13.3. The van der Waals surface area contributed by atoms with Crippen molar-refractivity contribution in [3.63, 3.8) is 0 Å². The van der Waals surface area contributed by atoms with Crippen molar-refractivity contribution in [1.29, 1.82) is 5.26 Å². The highest BCUT2D eigenvalue weighted by Gasteiger charge is 2.47. The van der Waals surface area contributed by atoms with Crippen LogP contribution in [0.25, 0.3) is 5.65 Å². The van der Waals surface area contributed by atoms with Gasteiger partial charge in [0.25, 0.3) is 5.91 Å². The fourth-order valence-corrected chi connectivity index (χ4v) is 4.22. The second kappa shape index (κ2) is 6.89. The molecule has 2 aliphatic rings. The molecule has 0 unspecified atom stereocenters. The molecule has 1 saturated heterocycles. The largest absolute Gasteiger partial charge is 0.352 e. The Hall–Kier alpha value is -3.40. The van der Waals surface area contributed by atoms with Crippen molar-refractivity contribution in [2.75, 3.05) is 31.1 Å². The van der Waals surface area contributed by atoms with Crippen molar-refractivity contribution < 1.29 is 4.79 Å². The number of imidazole rings is 1. The number of anilines is 1. The Labute approximate surface area is 169 Å². The summed E-state index contributed by atoms with van der Waals surface area (Å²) in [5.74, 6) is 0.879. The van der Waals surface area contributed by atoms with Gasteiger partial charge in [0.15, 0.2) is 11.5 Å². The fraction of sp³-hybridized carbons (Fsp3) is 0.364. The molecule has 2 aromatic heterocycles. The quantitative estimate of drug-likeness (QED) is 0.692. The molecule has 29 heavy (non-hydrogen) atoms. The summed E-state index contributed by atoms with van der Waals surface area (Å²) in [7, 11) is 0. The van der Waals surface area contributed by atoms with Crippen molar-refractivity contribution in [3.8, 4) is 6.07 Å². The molecule has 7 heteroatoms. The predicted molar refractivity (Wildman–Crippen MR) is 109 cm³/mol. The second-order valence-electron chi connectivity index (χ2n) is 7.78. The first kappa shape index (κ1) is 17.7. The van der Waals surface area contributed by atoms with Crippen LogP contribution in [0.2, 0.25) is 0 Å². The van der Waals surface area contributed by atoms with Crippen molar-refractivity contribution >= 4 is 17.4 Å². The number of fused-ring (bicyclic) bond motifs is 1. The van der Waals surface area contributed by atoms with Crippen molar-refractivity contribution in [2.24, 2.45) is 0 Å². The van der Waals surface area contributed by atoms with Crippen LogP contribution >= 0.6 is 0 Å². The van der Waals surface area contributed by atoms with Crippen LogP contribution in [0, 0.1) is 11.3 Å². The van der Waals surface area contributed by atoms with E-state index in [-0.39, 0.29) is 5.91 Å². The smallest absolute Gasteiger partial charge is 0.254 e. The summed E-state index contributed by atoms with van der Waals surface area (Å²) in [6.07, 6.45) is 9.89. The summed E-state index contributed by atoms with van der Waals surface area (Å²) in [5, 5.41) is 9.60. The zero-order chi connectivity index (χ0) is 19.8. The molecule has 7 nitrogen and oxygen atoms in total. The van der Waals surface area contributed by atoms with Crippen LogP contribution in [0.3, 0.4) is 0 Å². The van der Waals surface area contributed by atoms with Gasteiger partial charge in [-0.1, -0.05) is 18.2 Å². The standard InChI is InChI=1S/C22H22N6O/c23-16-22(6-7-22)18-5-2-1-4-17(18)21(29)28-11-3-10-26(14-15-28)19-20-25-9-13-27(20)12-8-24-19/h1-2,4-5,8-9,12-13H,3,6-7,10-11,14-15H2. The van der Waals surface area contributed by atoms with Crippen LogP contribution in [0.4, 0.5) is 5.82 Å². The third kappa shape index (κ3) is 3.01. The molecule has 0 radical (unpaired) electrons. The normalized spacial score (nSPS) is 18.3. The number of nitrogens with zero attached hydrogens (tertiary/aromatic N) is 6. The molecule has 3 aromatic rings. The lowest BCUT2D eigenvalue weighted by molar-refractivity contribution is 0.0765. The Morgan fingerprint density at radius 3 is 2.62 bits per heavy atom. The van der Waals surface area contributed by atoms with Gasteiger partial charge in [-0.2, -0.15) is 5.26 Å². The Morgan fingerprint density at radius 2 is 1.83 bits per heavy atom. The van der Waals surface area contributed by atoms with Gasteiger partial charge in [-0.25, -0.2) is 9.97 Å². The number of rotatable bonds is 3. The van der Waals surface area contributed by atoms with Gasteiger partial charge in [-0.05, 0) is 30.9 Å². The van der Waals surface area contributed by atoms with Gasteiger partial charge < -0.3 is 14.2 Å². The maximum absolute atomic E-state index is 13.3. The lowest BCUT2D eigenvalue weighted by atomic mass is 9.92. The monoisotopic (exact) mass is 386 g/mol. The molecule has 1 saturated carbocycles. The number of benzene rings is 1. The van der Waals surface area contributed by atoms with Crippen molar-refractivity contribution in [1.82, 2.24) is 19.3 Å². The van der Waals surface area contributed by atoms with E-state index in [1.807, 2.05) is 46.0 Å². The second-order valence-corrected chi connectivity index (χ2v) is 7.78. The number of hydrogen-bond acceptors (Lipinski definition) is 5. The van der Waals surface area contributed by atoms with E-state index in [0.29, 0.717) is 25.2 Å². The Kier molecular flexibility index (Phi) is 4.20. The summed E-state index contributed by atoms with van der Waals surface area (Å²) in [6.45, 7) is 2.85. The highest BCUT2D eigenvalue weighted by Crippen LogP contribution is 2.48. The summed E-state index contributed by atoms with van der Waals surface area (Å²) in [5.41, 5.74) is 1.93. The molecule has 0 N–H and O–H groups in total. The molecule has 2 fully saturated rings.